The van der Waals surface area contributed by atoms with Gasteiger partial charge in [-0.15, -0.1) is 0 Å². The van der Waals surface area contributed by atoms with Crippen molar-refractivity contribution in [2.45, 2.75) is 20.3 Å². The molecule has 2 aromatic heterocycles. The fraction of sp³-hybridized carbons (Fsp3) is 0.250. The van der Waals surface area contributed by atoms with Crippen molar-refractivity contribution in [3.05, 3.63) is 46.1 Å². The van der Waals surface area contributed by atoms with Crippen LogP contribution in [0.3, 0.4) is 0 Å². The Morgan fingerprint density at radius 3 is 2.81 bits per heavy atom. The van der Waals surface area contributed by atoms with Crippen LogP contribution in [0, 0.1) is 6.92 Å². The molecule has 0 aliphatic carbocycles. The molecule has 0 saturated carbocycles. The lowest BCUT2D eigenvalue weighted by Gasteiger charge is -2.05. The number of rotatable bonds is 2. The van der Waals surface area contributed by atoms with Crippen LogP contribution in [0.5, 0.6) is 0 Å². The minimum absolute atomic E-state index is 0.0903. The summed E-state index contributed by atoms with van der Waals surface area (Å²) in [5, 5.41) is 0. The van der Waals surface area contributed by atoms with E-state index in [9.17, 15) is 4.79 Å². The van der Waals surface area contributed by atoms with E-state index in [1.807, 2.05) is 25.1 Å². The third kappa shape index (κ3) is 1.86. The van der Waals surface area contributed by atoms with E-state index >= 15 is 0 Å². The first-order valence-corrected chi connectivity index (χ1v) is 5.23. The van der Waals surface area contributed by atoms with Gasteiger partial charge in [0.25, 0.3) is 5.56 Å². The van der Waals surface area contributed by atoms with Crippen LogP contribution in [-0.2, 0) is 6.42 Å². The standard InChI is InChI=1S/C12H13N3O/c1-3-10-14-11(8(2)12(16)15-10)9-6-4-5-7-13-9/h4-7H,3H2,1-2H3,(H,14,15,16). The normalized spacial score (nSPS) is 10.4. The molecule has 0 amide bonds. The molecule has 0 unspecified atom stereocenters. The first-order valence-electron chi connectivity index (χ1n) is 5.23. The molecule has 0 fully saturated rings. The summed E-state index contributed by atoms with van der Waals surface area (Å²) < 4.78 is 0. The van der Waals surface area contributed by atoms with Crippen molar-refractivity contribution in [1.29, 1.82) is 0 Å². The number of pyridine rings is 1. The van der Waals surface area contributed by atoms with Crippen LogP contribution in [0.25, 0.3) is 11.4 Å². The number of hydrogen-bond donors (Lipinski definition) is 1. The Morgan fingerprint density at radius 2 is 2.19 bits per heavy atom. The summed E-state index contributed by atoms with van der Waals surface area (Å²) in [4.78, 5) is 23.0. The summed E-state index contributed by atoms with van der Waals surface area (Å²) in [6.07, 6.45) is 2.40. The zero-order valence-electron chi connectivity index (χ0n) is 9.32. The Labute approximate surface area is 93.4 Å². The molecule has 4 heteroatoms. The van der Waals surface area contributed by atoms with E-state index < -0.39 is 0 Å². The third-order valence-electron chi connectivity index (χ3n) is 2.44. The maximum atomic E-state index is 11.7. The molecule has 0 atom stereocenters. The number of aromatic nitrogens is 3. The average Bonchev–Trinajstić information content (AvgIpc) is 2.33. The first-order chi connectivity index (χ1) is 7.72. The van der Waals surface area contributed by atoms with E-state index in [0.29, 0.717) is 23.5 Å². The molecule has 0 radical (unpaired) electrons. The molecule has 0 aromatic carbocycles. The van der Waals surface area contributed by atoms with Crippen molar-refractivity contribution >= 4 is 0 Å². The fourth-order valence-corrected chi connectivity index (χ4v) is 1.50. The summed E-state index contributed by atoms with van der Waals surface area (Å²) in [5.41, 5.74) is 1.92. The molecule has 2 rings (SSSR count). The topological polar surface area (TPSA) is 58.6 Å². The Morgan fingerprint density at radius 1 is 1.38 bits per heavy atom. The third-order valence-corrected chi connectivity index (χ3v) is 2.44. The summed E-state index contributed by atoms with van der Waals surface area (Å²) in [5.74, 6) is 0.691. The predicted octanol–water partition coefficient (Wildman–Crippen LogP) is 1.70. The Kier molecular flexibility index (Phi) is 2.81. The predicted molar refractivity (Wildman–Crippen MR) is 62.2 cm³/mol. The van der Waals surface area contributed by atoms with Gasteiger partial charge in [-0.05, 0) is 19.1 Å². The number of nitrogens with one attached hydrogen (secondary N) is 1. The van der Waals surface area contributed by atoms with Crippen LogP contribution in [0.2, 0.25) is 0 Å². The highest BCUT2D eigenvalue weighted by Crippen LogP contribution is 2.15. The minimum Gasteiger partial charge on any atom is -0.310 e. The second-order valence-electron chi connectivity index (χ2n) is 3.55. The second-order valence-corrected chi connectivity index (χ2v) is 3.55. The molecule has 16 heavy (non-hydrogen) atoms. The van der Waals surface area contributed by atoms with E-state index in [-0.39, 0.29) is 5.56 Å². The van der Waals surface area contributed by atoms with E-state index in [0.717, 1.165) is 5.69 Å². The summed E-state index contributed by atoms with van der Waals surface area (Å²) >= 11 is 0. The van der Waals surface area contributed by atoms with Crippen LogP contribution in [0.1, 0.15) is 18.3 Å². The van der Waals surface area contributed by atoms with Gasteiger partial charge in [0.2, 0.25) is 0 Å². The van der Waals surface area contributed by atoms with Gasteiger partial charge in [0.1, 0.15) is 5.82 Å². The lowest BCUT2D eigenvalue weighted by molar-refractivity contribution is 0.909. The zero-order chi connectivity index (χ0) is 11.5. The van der Waals surface area contributed by atoms with Crippen molar-refractivity contribution in [3.8, 4) is 11.4 Å². The largest absolute Gasteiger partial charge is 0.310 e. The molecule has 2 heterocycles. The van der Waals surface area contributed by atoms with Crippen LogP contribution in [0.15, 0.2) is 29.2 Å². The van der Waals surface area contributed by atoms with Gasteiger partial charge in [0, 0.05) is 18.2 Å². The molecule has 0 aliphatic rings. The molecule has 0 bridgehead atoms. The van der Waals surface area contributed by atoms with E-state index in [1.165, 1.54) is 0 Å². The first kappa shape index (κ1) is 10.5. The van der Waals surface area contributed by atoms with Gasteiger partial charge in [-0.25, -0.2) is 4.98 Å². The van der Waals surface area contributed by atoms with Gasteiger partial charge in [-0.1, -0.05) is 13.0 Å². The summed E-state index contributed by atoms with van der Waals surface area (Å²) in [6.45, 7) is 3.71. The summed E-state index contributed by atoms with van der Waals surface area (Å²) in [6, 6.07) is 5.58. The van der Waals surface area contributed by atoms with Crippen molar-refractivity contribution in [2.24, 2.45) is 0 Å². The lowest BCUT2D eigenvalue weighted by Crippen LogP contribution is -2.15. The van der Waals surface area contributed by atoms with Crippen LogP contribution < -0.4 is 5.56 Å². The second kappa shape index (κ2) is 4.26. The maximum Gasteiger partial charge on any atom is 0.254 e. The highest BCUT2D eigenvalue weighted by atomic mass is 16.1. The molecule has 1 N–H and O–H groups in total. The lowest BCUT2D eigenvalue weighted by atomic mass is 10.2. The maximum absolute atomic E-state index is 11.7. The molecule has 0 spiro atoms. The van der Waals surface area contributed by atoms with Gasteiger partial charge in [-0.3, -0.25) is 9.78 Å². The van der Waals surface area contributed by atoms with Crippen LogP contribution in [-0.4, -0.2) is 15.0 Å². The van der Waals surface area contributed by atoms with Gasteiger partial charge >= 0.3 is 0 Å². The Hall–Kier alpha value is -1.97. The molecule has 0 saturated heterocycles. The Bertz CT molecular complexity index is 546. The van der Waals surface area contributed by atoms with E-state index in [1.54, 1.807) is 13.1 Å². The number of aryl methyl sites for hydroxylation is 1. The molecular weight excluding hydrogens is 202 g/mol. The van der Waals surface area contributed by atoms with E-state index in [4.69, 9.17) is 0 Å². The fourth-order valence-electron chi connectivity index (χ4n) is 1.50. The average molecular weight is 215 g/mol. The highest BCUT2D eigenvalue weighted by Gasteiger charge is 2.09. The SMILES string of the molecule is CCc1nc(-c2ccccn2)c(C)c(=O)[nH]1. The number of H-pyrrole nitrogens is 1. The highest BCUT2D eigenvalue weighted by molar-refractivity contribution is 5.57. The van der Waals surface area contributed by atoms with Gasteiger partial charge in [-0.2, -0.15) is 0 Å². The van der Waals surface area contributed by atoms with Crippen LogP contribution in [0.4, 0.5) is 0 Å². The van der Waals surface area contributed by atoms with Gasteiger partial charge in [0.15, 0.2) is 0 Å². The smallest absolute Gasteiger partial charge is 0.254 e. The van der Waals surface area contributed by atoms with Gasteiger partial charge < -0.3 is 4.98 Å². The molecule has 82 valence electrons. The number of aromatic amines is 1. The van der Waals surface area contributed by atoms with Crippen LogP contribution >= 0.6 is 0 Å². The molecule has 4 nitrogen and oxygen atoms in total. The molecule has 2 aromatic rings. The quantitative estimate of drug-likeness (QED) is 0.829. The number of nitrogens with zero attached hydrogens (tertiary/aromatic N) is 2. The monoisotopic (exact) mass is 215 g/mol. The van der Waals surface area contributed by atoms with E-state index in [2.05, 4.69) is 15.0 Å². The minimum atomic E-state index is -0.0903. The van der Waals surface area contributed by atoms with Gasteiger partial charge in [0.05, 0.1) is 11.4 Å². The molecular formula is C12H13N3O. The van der Waals surface area contributed by atoms with Crippen molar-refractivity contribution < 1.29 is 0 Å². The van der Waals surface area contributed by atoms with Crippen molar-refractivity contribution in [2.75, 3.05) is 0 Å². The van der Waals surface area contributed by atoms with Crippen molar-refractivity contribution in [1.82, 2.24) is 15.0 Å². The zero-order valence-corrected chi connectivity index (χ0v) is 9.32. The van der Waals surface area contributed by atoms with Crippen molar-refractivity contribution in [3.63, 3.8) is 0 Å². The summed E-state index contributed by atoms with van der Waals surface area (Å²) in [7, 11) is 0. The molecule has 0 aliphatic heterocycles. The Balaban J connectivity index is 2.65. The number of hydrogen-bond acceptors (Lipinski definition) is 3.